The molecule has 0 saturated carbocycles. The average molecular weight is 138 g/mol. The zero-order chi connectivity index (χ0) is 7.23. The zero-order valence-corrected chi connectivity index (χ0v) is 6.41. The van der Waals surface area contributed by atoms with Crippen molar-refractivity contribution in [3.05, 3.63) is 0 Å². The monoisotopic (exact) mass is 138 g/mol. The molecule has 10 heavy (non-hydrogen) atoms. The molecule has 1 heterocycles. The maximum atomic E-state index is 3.22. The number of hydrogen-bond acceptors (Lipinski definition) is 2. The van der Waals surface area contributed by atoms with Gasteiger partial charge in [0.2, 0.25) is 0 Å². The highest BCUT2D eigenvalue weighted by Crippen LogP contribution is 2.05. The van der Waals surface area contributed by atoms with E-state index in [1.165, 1.54) is 0 Å². The smallest absolute Gasteiger partial charge is 0.0574 e. The van der Waals surface area contributed by atoms with E-state index in [2.05, 4.69) is 22.5 Å². The lowest BCUT2D eigenvalue weighted by atomic mass is 10.0. The van der Waals surface area contributed by atoms with Crippen LogP contribution in [0.1, 0.15) is 6.42 Å². The summed E-state index contributed by atoms with van der Waals surface area (Å²) < 4.78 is 0. The minimum Gasteiger partial charge on any atom is -0.316 e. The molecule has 1 aliphatic heterocycles. The van der Waals surface area contributed by atoms with Crippen LogP contribution in [0.2, 0.25) is 0 Å². The van der Waals surface area contributed by atoms with Crippen molar-refractivity contribution < 1.29 is 0 Å². The summed E-state index contributed by atoms with van der Waals surface area (Å²) in [6.45, 7) is 3.14. The Kier molecular flexibility index (Phi) is 3.28. The Hall–Kier alpha value is -0.520. The van der Waals surface area contributed by atoms with Crippen LogP contribution in [-0.2, 0) is 0 Å². The van der Waals surface area contributed by atoms with Crippen molar-refractivity contribution in [3.63, 3.8) is 0 Å². The normalized spacial score (nSPS) is 17.3. The largest absolute Gasteiger partial charge is 0.316 e. The lowest BCUT2D eigenvalue weighted by molar-refractivity contribution is 0.356. The van der Waals surface area contributed by atoms with Crippen molar-refractivity contribution in [3.8, 4) is 11.8 Å². The lowest BCUT2D eigenvalue weighted by Crippen LogP contribution is -2.41. The zero-order valence-electron chi connectivity index (χ0n) is 6.41. The molecule has 0 aliphatic carbocycles. The van der Waals surface area contributed by atoms with Gasteiger partial charge in [0.05, 0.1) is 6.54 Å². The van der Waals surface area contributed by atoms with Crippen LogP contribution in [0, 0.1) is 17.8 Å². The predicted molar refractivity (Wildman–Crippen MR) is 42.7 cm³/mol. The van der Waals surface area contributed by atoms with Gasteiger partial charge in [-0.15, -0.1) is 5.92 Å². The molecule has 0 bridgehead atoms. The van der Waals surface area contributed by atoms with E-state index in [4.69, 9.17) is 0 Å². The Bertz CT molecular complexity index is 139. The van der Waals surface area contributed by atoms with Crippen molar-refractivity contribution in [2.24, 2.45) is 5.92 Å². The van der Waals surface area contributed by atoms with Crippen LogP contribution < -0.4 is 10.6 Å². The van der Waals surface area contributed by atoms with E-state index in [-0.39, 0.29) is 0 Å². The molecule has 56 valence electrons. The van der Waals surface area contributed by atoms with Gasteiger partial charge in [0.15, 0.2) is 0 Å². The molecular weight excluding hydrogens is 124 g/mol. The van der Waals surface area contributed by atoms with E-state index in [0.717, 1.165) is 32.0 Å². The van der Waals surface area contributed by atoms with E-state index in [0.29, 0.717) is 0 Å². The number of rotatable bonds is 2. The second-order valence-electron chi connectivity index (χ2n) is 2.61. The third-order valence-electron chi connectivity index (χ3n) is 1.65. The molecule has 0 amide bonds. The summed E-state index contributed by atoms with van der Waals surface area (Å²) in [4.78, 5) is 0. The summed E-state index contributed by atoms with van der Waals surface area (Å²) in [6.07, 6.45) is 1.06. The fraction of sp³-hybridized carbons (Fsp3) is 0.750. The van der Waals surface area contributed by atoms with E-state index in [9.17, 15) is 0 Å². The Morgan fingerprint density at radius 3 is 2.80 bits per heavy atom. The van der Waals surface area contributed by atoms with Gasteiger partial charge in [-0.05, 0) is 13.0 Å². The Morgan fingerprint density at radius 1 is 1.50 bits per heavy atom. The van der Waals surface area contributed by atoms with Gasteiger partial charge in [0.1, 0.15) is 0 Å². The minimum absolute atomic E-state index is 0.820. The van der Waals surface area contributed by atoms with E-state index in [1.807, 2.05) is 7.05 Å². The first kappa shape index (κ1) is 7.59. The molecule has 0 aromatic rings. The van der Waals surface area contributed by atoms with Gasteiger partial charge in [-0.2, -0.15) is 0 Å². The van der Waals surface area contributed by atoms with E-state index < -0.39 is 0 Å². The SMILES string of the molecule is CNCC#CCC1CNC1. The maximum absolute atomic E-state index is 3.22. The lowest BCUT2D eigenvalue weighted by Gasteiger charge is -2.24. The molecule has 2 nitrogen and oxygen atoms in total. The van der Waals surface area contributed by atoms with E-state index in [1.54, 1.807) is 0 Å². The highest BCUT2D eigenvalue weighted by molar-refractivity contribution is 5.02. The molecule has 0 spiro atoms. The van der Waals surface area contributed by atoms with Crippen LogP contribution in [0.15, 0.2) is 0 Å². The van der Waals surface area contributed by atoms with Crippen molar-refractivity contribution in [1.82, 2.24) is 10.6 Å². The van der Waals surface area contributed by atoms with Gasteiger partial charge in [-0.1, -0.05) is 5.92 Å². The molecule has 0 radical (unpaired) electrons. The second kappa shape index (κ2) is 4.32. The molecule has 0 aromatic heterocycles. The van der Waals surface area contributed by atoms with Crippen molar-refractivity contribution >= 4 is 0 Å². The number of hydrogen-bond donors (Lipinski definition) is 2. The van der Waals surface area contributed by atoms with E-state index >= 15 is 0 Å². The summed E-state index contributed by atoms with van der Waals surface area (Å²) in [6, 6.07) is 0. The first-order valence-corrected chi connectivity index (χ1v) is 3.74. The summed E-state index contributed by atoms with van der Waals surface area (Å²) >= 11 is 0. The fourth-order valence-electron chi connectivity index (χ4n) is 0.860. The van der Waals surface area contributed by atoms with Gasteiger partial charge in [-0.3, -0.25) is 0 Å². The van der Waals surface area contributed by atoms with Crippen molar-refractivity contribution in [1.29, 1.82) is 0 Å². The molecule has 2 N–H and O–H groups in total. The first-order valence-electron chi connectivity index (χ1n) is 3.74. The average Bonchev–Trinajstić information content (AvgIpc) is 1.84. The van der Waals surface area contributed by atoms with Crippen LogP contribution in [0.25, 0.3) is 0 Å². The fourth-order valence-corrected chi connectivity index (χ4v) is 0.860. The topological polar surface area (TPSA) is 24.1 Å². The van der Waals surface area contributed by atoms with Crippen LogP contribution >= 0.6 is 0 Å². The van der Waals surface area contributed by atoms with Gasteiger partial charge in [-0.25, -0.2) is 0 Å². The minimum atomic E-state index is 0.820. The second-order valence-corrected chi connectivity index (χ2v) is 2.61. The Balaban J connectivity index is 1.98. The summed E-state index contributed by atoms with van der Waals surface area (Å²) in [5.74, 6) is 7.00. The molecule has 1 aliphatic rings. The molecular formula is C8H14N2. The summed E-state index contributed by atoms with van der Waals surface area (Å²) in [5, 5.41) is 6.21. The molecule has 1 rings (SSSR count). The summed E-state index contributed by atoms with van der Waals surface area (Å²) in [5.41, 5.74) is 0. The predicted octanol–water partition coefficient (Wildman–Crippen LogP) is -0.181. The van der Waals surface area contributed by atoms with Gasteiger partial charge in [0, 0.05) is 19.5 Å². The molecule has 0 aromatic carbocycles. The van der Waals surface area contributed by atoms with Crippen LogP contribution in [0.4, 0.5) is 0 Å². The maximum Gasteiger partial charge on any atom is 0.0574 e. The van der Waals surface area contributed by atoms with Crippen molar-refractivity contribution in [2.75, 3.05) is 26.7 Å². The Morgan fingerprint density at radius 2 is 2.30 bits per heavy atom. The quantitative estimate of drug-likeness (QED) is 0.517. The van der Waals surface area contributed by atoms with Gasteiger partial charge in [0.25, 0.3) is 0 Å². The third-order valence-corrected chi connectivity index (χ3v) is 1.65. The summed E-state index contributed by atoms with van der Waals surface area (Å²) in [7, 11) is 1.92. The van der Waals surface area contributed by atoms with Crippen LogP contribution in [-0.4, -0.2) is 26.7 Å². The molecule has 2 heteroatoms. The Labute approximate surface area is 62.4 Å². The molecule has 1 saturated heterocycles. The molecule has 0 unspecified atom stereocenters. The third kappa shape index (κ3) is 2.38. The van der Waals surface area contributed by atoms with Crippen LogP contribution in [0.5, 0.6) is 0 Å². The number of nitrogens with one attached hydrogen (secondary N) is 2. The first-order chi connectivity index (χ1) is 4.93. The van der Waals surface area contributed by atoms with Crippen LogP contribution in [0.3, 0.4) is 0 Å². The van der Waals surface area contributed by atoms with Crippen molar-refractivity contribution in [2.45, 2.75) is 6.42 Å². The highest BCUT2D eigenvalue weighted by atomic mass is 14.9. The standard InChI is InChI=1S/C8H14N2/c1-9-5-3-2-4-8-6-10-7-8/h8-10H,4-7H2,1H3. The van der Waals surface area contributed by atoms with Gasteiger partial charge < -0.3 is 10.6 Å². The van der Waals surface area contributed by atoms with Gasteiger partial charge >= 0.3 is 0 Å². The molecule has 1 fully saturated rings. The molecule has 0 atom stereocenters. The highest BCUT2D eigenvalue weighted by Gasteiger charge is 2.13.